The third-order valence-corrected chi connectivity index (χ3v) is 5.72. The first-order valence-electron chi connectivity index (χ1n) is 11.7. The molecule has 0 spiro atoms. The Morgan fingerprint density at radius 2 is 2.08 bits per heavy atom. The van der Waals surface area contributed by atoms with E-state index in [1.165, 1.54) is 37.8 Å². The number of ether oxygens (including phenoxy) is 1. The Balaban J connectivity index is 0.000000206. The Labute approximate surface area is 215 Å². The number of hydrazine groups is 1. The molecular weight excluding hydrogens is 475 g/mol. The first kappa shape index (κ1) is 27.2. The lowest BCUT2D eigenvalue weighted by Gasteiger charge is -2.13. The van der Waals surface area contributed by atoms with E-state index in [0.29, 0.717) is 29.8 Å². The zero-order valence-electron chi connectivity index (χ0n) is 20.9. The van der Waals surface area contributed by atoms with Gasteiger partial charge in [0.05, 0.1) is 19.3 Å². The molecule has 1 aromatic carbocycles. The maximum Gasteiger partial charge on any atom is 0.207 e. The molecular formula is C26H33FN8O2. The van der Waals surface area contributed by atoms with Crippen LogP contribution in [0, 0.1) is 11.2 Å². The van der Waals surface area contributed by atoms with Gasteiger partial charge in [-0.3, -0.25) is 4.79 Å². The van der Waals surface area contributed by atoms with Gasteiger partial charge >= 0.3 is 0 Å². The summed E-state index contributed by atoms with van der Waals surface area (Å²) in [6.45, 7) is 2.35. The minimum absolute atomic E-state index is 0.00690. The van der Waals surface area contributed by atoms with Crippen molar-refractivity contribution in [2.45, 2.75) is 38.8 Å². The number of hydrogen-bond donors (Lipinski definition) is 5. The van der Waals surface area contributed by atoms with Crippen molar-refractivity contribution in [2.24, 2.45) is 17.3 Å². The SMILES string of the molecule is C/C(N)=C/N(N)Cc1cn2cc(C3CC3)ccc2n1.COc1ccc(/C(C=N)=C/N)c(CNC=O)c1F. The summed E-state index contributed by atoms with van der Waals surface area (Å²) in [7, 11) is 1.35. The van der Waals surface area contributed by atoms with Crippen molar-refractivity contribution in [1.82, 2.24) is 19.7 Å². The van der Waals surface area contributed by atoms with E-state index in [-0.39, 0.29) is 17.9 Å². The highest BCUT2D eigenvalue weighted by molar-refractivity contribution is 6.08. The fourth-order valence-electron chi connectivity index (χ4n) is 3.85. The molecule has 1 aliphatic carbocycles. The van der Waals surface area contributed by atoms with Gasteiger partial charge in [-0.2, -0.15) is 0 Å². The van der Waals surface area contributed by atoms with Crippen molar-refractivity contribution >= 4 is 23.8 Å². The molecule has 11 heteroatoms. The average Bonchev–Trinajstić information content (AvgIpc) is 3.64. The predicted molar refractivity (Wildman–Crippen MR) is 142 cm³/mol. The first-order chi connectivity index (χ1) is 17.8. The van der Waals surface area contributed by atoms with E-state index in [1.807, 2.05) is 13.1 Å². The van der Waals surface area contributed by atoms with E-state index < -0.39 is 5.82 Å². The van der Waals surface area contributed by atoms with Crippen LogP contribution in [0.1, 0.15) is 48.1 Å². The summed E-state index contributed by atoms with van der Waals surface area (Å²) >= 11 is 0. The quantitative estimate of drug-likeness (QED) is 0.122. The molecule has 3 aromatic rings. The van der Waals surface area contributed by atoms with Gasteiger partial charge in [0.2, 0.25) is 6.41 Å². The number of aromatic nitrogens is 2. The molecule has 0 atom stereocenters. The molecule has 1 saturated carbocycles. The monoisotopic (exact) mass is 508 g/mol. The topological polar surface area (TPSA) is 161 Å². The summed E-state index contributed by atoms with van der Waals surface area (Å²) in [6.07, 6.45) is 11.2. The highest BCUT2D eigenvalue weighted by atomic mass is 19.1. The van der Waals surface area contributed by atoms with Gasteiger partial charge in [0.1, 0.15) is 5.65 Å². The van der Waals surface area contributed by atoms with Gasteiger partial charge in [0.25, 0.3) is 0 Å². The van der Waals surface area contributed by atoms with Gasteiger partial charge in [-0.1, -0.05) is 12.1 Å². The van der Waals surface area contributed by atoms with Gasteiger partial charge in [-0.15, -0.1) is 0 Å². The van der Waals surface area contributed by atoms with Crippen molar-refractivity contribution in [1.29, 1.82) is 5.41 Å². The second-order valence-corrected chi connectivity index (χ2v) is 8.65. The summed E-state index contributed by atoms with van der Waals surface area (Å²) in [5.41, 5.74) is 16.0. The number of halogens is 1. The number of amides is 1. The number of benzene rings is 1. The zero-order valence-corrected chi connectivity index (χ0v) is 20.9. The molecule has 0 unspecified atom stereocenters. The van der Waals surface area contributed by atoms with E-state index in [1.54, 1.807) is 17.3 Å². The first-order valence-corrected chi connectivity index (χ1v) is 11.7. The Bertz CT molecular complexity index is 1310. The van der Waals surface area contributed by atoms with E-state index in [0.717, 1.165) is 23.5 Å². The van der Waals surface area contributed by atoms with Crippen LogP contribution < -0.4 is 27.4 Å². The number of pyridine rings is 1. The Hall–Kier alpha value is -4.38. The highest BCUT2D eigenvalue weighted by Gasteiger charge is 2.23. The molecule has 0 bridgehead atoms. The van der Waals surface area contributed by atoms with Crippen molar-refractivity contribution in [2.75, 3.05) is 7.11 Å². The van der Waals surface area contributed by atoms with Crippen LogP contribution in [0.2, 0.25) is 0 Å². The third kappa shape index (κ3) is 7.07. The normalized spacial score (nSPS) is 13.5. The largest absolute Gasteiger partial charge is 0.494 e. The van der Waals surface area contributed by atoms with Crippen molar-refractivity contribution in [3.05, 3.63) is 83.0 Å². The summed E-state index contributed by atoms with van der Waals surface area (Å²) in [5, 5.41) is 11.2. The summed E-state index contributed by atoms with van der Waals surface area (Å²) < 4.78 is 21.0. The van der Waals surface area contributed by atoms with Crippen LogP contribution >= 0.6 is 0 Å². The lowest BCUT2D eigenvalue weighted by Crippen LogP contribution is -2.25. The van der Waals surface area contributed by atoms with Crippen molar-refractivity contribution in [3.63, 3.8) is 0 Å². The molecule has 8 N–H and O–H groups in total. The Morgan fingerprint density at radius 3 is 2.68 bits per heavy atom. The van der Waals surface area contributed by atoms with Crippen LogP contribution in [0.4, 0.5) is 4.39 Å². The Morgan fingerprint density at radius 1 is 1.32 bits per heavy atom. The van der Waals surface area contributed by atoms with Crippen LogP contribution in [0.5, 0.6) is 5.75 Å². The number of fused-ring (bicyclic) bond motifs is 1. The van der Waals surface area contributed by atoms with Gasteiger partial charge in [0.15, 0.2) is 11.6 Å². The van der Waals surface area contributed by atoms with Crippen LogP contribution in [-0.2, 0) is 17.9 Å². The fraction of sp³-hybridized carbons (Fsp3) is 0.269. The fourth-order valence-corrected chi connectivity index (χ4v) is 3.85. The molecule has 0 saturated heterocycles. The van der Waals surface area contributed by atoms with E-state index in [2.05, 4.69) is 33.0 Å². The molecule has 0 aliphatic heterocycles. The lowest BCUT2D eigenvalue weighted by atomic mass is 9.99. The maximum absolute atomic E-state index is 14.1. The van der Waals surface area contributed by atoms with Gasteiger partial charge in [0, 0.05) is 54.4 Å². The number of allylic oxidation sites excluding steroid dienone is 2. The van der Waals surface area contributed by atoms with Crippen LogP contribution in [0.15, 0.2) is 54.8 Å². The number of nitrogens with one attached hydrogen (secondary N) is 2. The number of carbonyl (C=O) groups is 1. The van der Waals surface area contributed by atoms with Gasteiger partial charge in [-0.25, -0.2) is 15.2 Å². The minimum atomic E-state index is -0.578. The minimum Gasteiger partial charge on any atom is -0.494 e. The number of methoxy groups -OCH3 is 1. The van der Waals surface area contributed by atoms with Crippen LogP contribution in [-0.4, -0.2) is 34.1 Å². The van der Waals surface area contributed by atoms with Crippen molar-refractivity contribution < 1.29 is 13.9 Å². The molecule has 1 amide bonds. The number of nitrogens with zero attached hydrogens (tertiary/aromatic N) is 3. The number of rotatable bonds is 10. The summed E-state index contributed by atoms with van der Waals surface area (Å²) in [4.78, 5) is 14.9. The third-order valence-electron chi connectivity index (χ3n) is 5.72. The smallest absolute Gasteiger partial charge is 0.207 e. The highest BCUT2D eigenvalue weighted by Crippen LogP contribution is 2.39. The molecule has 196 valence electrons. The second kappa shape index (κ2) is 12.5. The van der Waals surface area contributed by atoms with Gasteiger partial charge in [-0.05, 0) is 48.9 Å². The molecule has 4 rings (SSSR count). The standard InChI is InChI=1S/C14H19N5.C12H14FN3O2/c1-10(15)6-19(16)9-13-8-18-7-12(11-2-3-11)4-5-14(18)17-13;1-18-11-3-2-9(8(4-14)5-15)10(12(11)13)6-16-7-17/h4-8,11H,2-3,9,15-16H2,1H3;2-5,7,14H,6,15H2,1H3,(H,16,17)/b10-6-;8-5+,14-4?. The molecule has 1 fully saturated rings. The molecule has 1 aliphatic rings. The number of hydrogen-bond acceptors (Lipinski definition) is 8. The predicted octanol–water partition coefficient (Wildman–Crippen LogP) is 2.74. The zero-order chi connectivity index (χ0) is 26.9. The molecule has 37 heavy (non-hydrogen) atoms. The number of carbonyl (C=O) groups excluding carboxylic acids is 1. The molecule has 0 radical (unpaired) electrons. The Kier molecular flexibility index (Phi) is 9.22. The van der Waals surface area contributed by atoms with E-state index in [9.17, 15) is 9.18 Å². The van der Waals surface area contributed by atoms with E-state index in [4.69, 9.17) is 27.5 Å². The molecule has 2 heterocycles. The van der Waals surface area contributed by atoms with Crippen molar-refractivity contribution in [3.8, 4) is 5.75 Å². The average molecular weight is 509 g/mol. The number of imidazole rings is 1. The van der Waals surface area contributed by atoms with Crippen LogP contribution in [0.25, 0.3) is 11.2 Å². The summed E-state index contributed by atoms with van der Waals surface area (Å²) in [6, 6.07) is 7.28. The van der Waals surface area contributed by atoms with E-state index >= 15 is 0 Å². The van der Waals surface area contributed by atoms with Crippen LogP contribution in [0.3, 0.4) is 0 Å². The molecule has 10 nitrogen and oxygen atoms in total. The number of nitrogens with two attached hydrogens (primary N) is 3. The van der Waals surface area contributed by atoms with Gasteiger partial charge < -0.3 is 36.3 Å². The maximum atomic E-state index is 14.1. The second-order valence-electron chi connectivity index (χ2n) is 8.65. The lowest BCUT2D eigenvalue weighted by molar-refractivity contribution is -0.109. The summed E-state index contributed by atoms with van der Waals surface area (Å²) in [5.74, 6) is 6.09. The molecule has 2 aromatic heterocycles.